The highest BCUT2D eigenvalue weighted by Gasteiger charge is 2.63. The Morgan fingerprint density at radius 3 is 2.18 bits per heavy atom. The number of nitriles is 1. The highest BCUT2D eigenvalue weighted by molar-refractivity contribution is 5.90. The van der Waals surface area contributed by atoms with E-state index in [9.17, 15) is 32.3 Å². The fraction of sp³-hybridized carbons (Fsp3) is 0.815. The molecule has 2 aliphatic heterocycles. The van der Waals surface area contributed by atoms with Gasteiger partial charge in [0, 0.05) is 24.5 Å². The van der Waals surface area contributed by atoms with Crippen molar-refractivity contribution in [1.82, 2.24) is 20.9 Å². The first-order chi connectivity index (χ1) is 18.1. The minimum Gasteiger partial charge on any atom is -0.350 e. The van der Waals surface area contributed by atoms with Crippen LogP contribution in [0.15, 0.2) is 0 Å². The van der Waals surface area contributed by atoms with Gasteiger partial charge in [-0.1, -0.05) is 34.6 Å². The summed E-state index contributed by atoms with van der Waals surface area (Å²) in [6.45, 7) is 10.8. The molecule has 0 radical (unpaired) electrons. The number of alkyl halides is 3. The third-order valence-corrected chi connectivity index (χ3v) is 9.72. The Bertz CT molecular complexity index is 1000. The molecule has 39 heavy (non-hydrogen) atoms. The molecule has 1 spiro atoms. The highest BCUT2D eigenvalue weighted by atomic mass is 19.4. The van der Waals surface area contributed by atoms with Gasteiger partial charge in [0.1, 0.15) is 12.1 Å². The zero-order chi connectivity index (χ0) is 29.4. The van der Waals surface area contributed by atoms with Crippen LogP contribution in [0, 0.1) is 39.9 Å². The number of nitrogens with one attached hydrogen (secondary N) is 3. The summed E-state index contributed by atoms with van der Waals surface area (Å²) in [5, 5.41) is 16.1. The number of rotatable bonds is 9. The molecule has 2 aliphatic carbocycles. The summed E-state index contributed by atoms with van der Waals surface area (Å²) in [4.78, 5) is 47.7. The third-order valence-electron chi connectivity index (χ3n) is 9.72. The van der Waals surface area contributed by atoms with Crippen LogP contribution < -0.4 is 16.0 Å². The Balaban J connectivity index is 0.000000239. The minimum atomic E-state index is -4.99. The molecule has 0 aromatic rings. The zero-order valence-corrected chi connectivity index (χ0v) is 23.3. The Morgan fingerprint density at radius 2 is 1.77 bits per heavy atom. The summed E-state index contributed by atoms with van der Waals surface area (Å²) >= 11 is 0. The number of halogens is 3. The van der Waals surface area contributed by atoms with Crippen molar-refractivity contribution in [2.45, 2.75) is 96.9 Å². The molecule has 5 atom stereocenters. The SMILES string of the molecule is CCC(C)(CC)C(NC(=O)C(F)(F)F)C(=O)N1CC2C(C1)C2(C)C.N#CC(CC1CC2(CC2)NC1=O)NC=O. The van der Waals surface area contributed by atoms with Crippen molar-refractivity contribution in [1.29, 1.82) is 5.26 Å². The van der Waals surface area contributed by atoms with Crippen LogP contribution in [0.1, 0.15) is 73.1 Å². The van der Waals surface area contributed by atoms with Crippen molar-refractivity contribution in [3.63, 3.8) is 0 Å². The first kappa shape index (κ1) is 30.7. The molecule has 3 N–H and O–H groups in total. The predicted octanol–water partition coefficient (Wildman–Crippen LogP) is 2.66. The van der Waals surface area contributed by atoms with E-state index in [0.29, 0.717) is 50.6 Å². The molecule has 4 aliphatic rings. The van der Waals surface area contributed by atoms with Gasteiger partial charge in [-0.15, -0.1) is 0 Å². The lowest BCUT2D eigenvalue weighted by molar-refractivity contribution is -0.176. The van der Waals surface area contributed by atoms with Crippen LogP contribution in [-0.4, -0.2) is 65.9 Å². The number of likely N-dealkylation sites (tertiary alicyclic amines) is 1. The molecular formula is C27H40F3N5O4. The smallest absolute Gasteiger partial charge is 0.350 e. The highest BCUT2D eigenvalue weighted by Crippen LogP contribution is 2.62. The monoisotopic (exact) mass is 555 g/mol. The fourth-order valence-electron chi connectivity index (χ4n) is 6.07. The van der Waals surface area contributed by atoms with E-state index in [2.05, 4.69) is 24.5 Å². The molecule has 2 heterocycles. The van der Waals surface area contributed by atoms with E-state index in [1.807, 2.05) is 25.2 Å². The van der Waals surface area contributed by atoms with Crippen molar-refractivity contribution >= 4 is 24.1 Å². The lowest BCUT2D eigenvalue weighted by atomic mass is 9.76. The van der Waals surface area contributed by atoms with Gasteiger partial charge in [0.15, 0.2) is 0 Å². The number of fused-ring (bicyclic) bond motifs is 1. The van der Waals surface area contributed by atoms with Gasteiger partial charge >= 0.3 is 12.1 Å². The van der Waals surface area contributed by atoms with Gasteiger partial charge in [-0.3, -0.25) is 19.2 Å². The summed E-state index contributed by atoms with van der Waals surface area (Å²) < 4.78 is 38.0. The maximum Gasteiger partial charge on any atom is 0.471 e. The van der Waals surface area contributed by atoms with Crippen molar-refractivity contribution in [3.05, 3.63) is 0 Å². The van der Waals surface area contributed by atoms with Crippen molar-refractivity contribution < 1.29 is 32.3 Å². The normalized spacial score (nSPS) is 27.2. The second kappa shape index (κ2) is 11.0. The lowest BCUT2D eigenvalue weighted by Gasteiger charge is -2.38. The number of piperidine rings is 1. The van der Waals surface area contributed by atoms with Crippen LogP contribution in [-0.2, 0) is 19.2 Å². The molecule has 0 bridgehead atoms. The Kier molecular flexibility index (Phi) is 8.63. The van der Waals surface area contributed by atoms with E-state index in [1.54, 1.807) is 11.8 Å². The number of hydrogen-bond donors (Lipinski definition) is 3. The summed E-state index contributed by atoms with van der Waals surface area (Å²) in [5.74, 6) is -1.70. The van der Waals surface area contributed by atoms with E-state index in [4.69, 9.17) is 5.26 Å². The van der Waals surface area contributed by atoms with Gasteiger partial charge in [-0.2, -0.15) is 18.4 Å². The number of amides is 4. The summed E-state index contributed by atoms with van der Waals surface area (Å²) in [6.07, 6.45) is -0.146. The van der Waals surface area contributed by atoms with Gasteiger partial charge in [0.25, 0.3) is 0 Å². The molecule has 5 unspecified atom stereocenters. The minimum absolute atomic E-state index is 0.0282. The lowest BCUT2D eigenvalue weighted by Crippen LogP contribution is -2.58. The number of carbonyl (C=O) groups excluding carboxylic acids is 4. The summed E-state index contributed by atoms with van der Waals surface area (Å²) in [7, 11) is 0. The van der Waals surface area contributed by atoms with E-state index in [1.165, 1.54) is 0 Å². The van der Waals surface area contributed by atoms with Crippen LogP contribution in [0.2, 0.25) is 0 Å². The van der Waals surface area contributed by atoms with Gasteiger partial charge in [0.2, 0.25) is 18.2 Å². The van der Waals surface area contributed by atoms with Crippen molar-refractivity contribution in [2.24, 2.45) is 28.6 Å². The molecule has 4 rings (SSSR count). The van der Waals surface area contributed by atoms with Gasteiger partial charge in [-0.05, 0) is 61.2 Å². The average Bonchev–Trinajstić information content (AvgIpc) is 3.56. The molecule has 9 nitrogen and oxygen atoms in total. The van der Waals surface area contributed by atoms with E-state index in [0.717, 1.165) is 19.3 Å². The number of nitrogens with zero attached hydrogens (tertiary/aromatic N) is 2. The molecule has 0 aromatic carbocycles. The molecule has 0 aromatic heterocycles. The van der Waals surface area contributed by atoms with Gasteiger partial charge < -0.3 is 20.9 Å². The third kappa shape index (κ3) is 6.49. The van der Waals surface area contributed by atoms with Gasteiger partial charge in [0.05, 0.1) is 6.07 Å². The van der Waals surface area contributed by atoms with E-state index < -0.39 is 29.6 Å². The van der Waals surface area contributed by atoms with Gasteiger partial charge in [-0.25, -0.2) is 0 Å². The van der Waals surface area contributed by atoms with E-state index >= 15 is 0 Å². The first-order valence-corrected chi connectivity index (χ1v) is 13.6. The van der Waals surface area contributed by atoms with Crippen LogP contribution in [0.3, 0.4) is 0 Å². The molecule has 2 saturated carbocycles. The number of carbonyl (C=O) groups is 4. The molecule has 12 heteroatoms. The quantitative estimate of drug-likeness (QED) is 0.377. The topological polar surface area (TPSA) is 131 Å². The fourth-order valence-corrected chi connectivity index (χ4v) is 6.07. The van der Waals surface area contributed by atoms with Crippen molar-refractivity contribution in [3.8, 4) is 6.07 Å². The summed E-state index contributed by atoms with van der Waals surface area (Å²) in [5.41, 5.74) is -0.455. The van der Waals surface area contributed by atoms with E-state index in [-0.39, 0.29) is 28.7 Å². The molecule has 2 saturated heterocycles. The predicted molar refractivity (Wildman–Crippen MR) is 135 cm³/mol. The summed E-state index contributed by atoms with van der Waals surface area (Å²) in [6, 6.07) is 0.276. The average molecular weight is 556 g/mol. The van der Waals surface area contributed by atoms with Crippen molar-refractivity contribution in [2.75, 3.05) is 13.1 Å². The van der Waals surface area contributed by atoms with Crippen LogP contribution in [0.5, 0.6) is 0 Å². The second-order valence-corrected chi connectivity index (χ2v) is 12.4. The first-order valence-electron chi connectivity index (χ1n) is 13.6. The number of hydrogen-bond acceptors (Lipinski definition) is 5. The Hall–Kier alpha value is -2.84. The maximum atomic E-state index is 12.9. The van der Waals surface area contributed by atoms with Crippen LogP contribution in [0.4, 0.5) is 13.2 Å². The molecule has 4 fully saturated rings. The largest absolute Gasteiger partial charge is 0.471 e. The zero-order valence-electron chi connectivity index (χ0n) is 23.3. The maximum absolute atomic E-state index is 12.9. The Morgan fingerprint density at radius 1 is 1.21 bits per heavy atom. The second-order valence-electron chi connectivity index (χ2n) is 12.4. The standard InChI is InChI=1S/C17H27F3N2O2.C10H13N3O2/c1-6-16(5,7-2)12(21-14(24)17(18,19)20)13(23)22-8-10-11(9-22)15(10,3)4;11-5-8(12-6-14)3-7-4-10(1-2-10)13-9(7)15/h10-12H,6-9H2,1-5H3,(H,21,24);6-8H,1-4H2,(H,12,14)(H,13,15). The molecular weight excluding hydrogens is 515 g/mol. The van der Waals surface area contributed by atoms with Crippen LogP contribution >= 0.6 is 0 Å². The Labute approximate surface area is 227 Å². The van der Waals surface area contributed by atoms with Crippen LogP contribution in [0.25, 0.3) is 0 Å². The molecule has 4 amide bonds. The molecule has 218 valence electrons.